The van der Waals surface area contributed by atoms with E-state index in [2.05, 4.69) is 18.9 Å². The molecule has 0 bridgehead atoms. The van der Waals surface area contributed by atoms with Gasteiger partial charge in [0, 0.05) is 21.3 Å². The van der Waals surface area contributed by atoms with Crippen LogP contribution in [0.4, 0.5) is 52.7 Å². The lowest BCUT2D eigenvalue weighted by Gasteiger charge is -2.36. The molecule has 326 valence electrons. The molecule has 3 aromatic rings. The van der Waals surface area contributed by atoms with Crippen molar-refractivity contribution in [1.82, 2.24) is 0 Å². The minimum Gasteiger partial charge on any atom is -0.490 e. The van der Waals surface area contributed by atoms with Gasteiger partial charge in [-0.25, -0.2) is 0 Å². The molecule has 0 aliphatic rings. The molecule has 0 saturated heterocycles. The predicted octanol–water partition coefficient (Wildman–Crippen LogP) is 9.84. The van der Waals surface area contributed by atoms with Crippen LogP contribution in [0.5, 0.6) is 11.5 Å². The second-order valence-corrected chi connectivity index (χ2v) is 14.9. The van der Waals surface area contributed by atoms with Crippen LogP contribution in [0.2, 0.25) is 0 Å². The third-order valence-electron chi connectivity index (χ3n) is 8.65. The minimum atomic E-state index is -5.96. The van der Waals surface area contributed by atoms with Crippen LogP contribution in [0.15, 0.2) is 87.5 Å². The molecular formula is C37H41F12O8S+. The van der Waals surface area contributed by atoms with E-state index in [9.17, 15) is 52.7 Å². The third-order valence-corrected chi connectivity index (χ3v) is 10.9. The Labute approximate surface area is 328 Å². The topological polar surface area (TPSA) is 73.8 Å². The first-order valence-corrected chi connectivity index (χ1v) is 18.0. The summed E-state index contributed by atoms with van der Waals surface area (Å²) in [6, 6.07) is 17.2. The van der Waals surface area contributed by atoms with Crippen LogP contribution in [0.1, 0.15) is 25.8 Å². The van der Waals surface area contributed by atoms with Crippen molar-refractivity contribution in [3.63, 3.8) is 0 Å². The van der Waals surface area contributed by atoms with E-state index in [0.717, 1.165) is 40.2 Å². The number of halogens is 12. The van der Waals surface area contributed by atoms with Crippen LogP contribution in [0, 0.1) is 0 Å². The van der Waals surface area contributed by atoms with Crippen molar-refractivity contribution in [1.29, 1.82) is 0 Å². The molecule has 0 aliphatic carbocycles. The standard InChI is InChI=1S/C37H41F12O8S/c1-31(34(38,39)40,55-22-50-3)19-18-25-6-12-28(13-7-25)58(29-14-8-26(9-15-29)53-20-32(2,35(41,42)43)56-23-51-4)30-16-10-27(11-17-30)54-21-33(36(44,45)46,37(47,48)49)57-24-52-5/h6-17H,18-24H2,1-5H3/q+1. The molecule has 3 atom stereocenters. The van der Waals surface area contributed by atoms with Crippen molar-refractivity contribution in [2.24, 2.45) is 0 Å². The molecule has 0 fully saturated rings. The van der Waals surface area contributed by atoms with Crippen molar-refractivity contribution in [3.8, 4) is 11.5 Å². The molecule has 8 nitrogen and oxygen atoms in total. The normalized spacial score (nSPS) is 15.7. The molecule has 3 rings (SSSR count). The lowest BCUT2D eigenvalue weighted by molar-refractivity contribution is -0.397. The van der Waals surface area contributed by atoms with Gasteiger partial charge in [0.1, 0.15) is 45.1 Å². The fourth-order valence-electron chi connectivity index (χ4n) is 4.90. The second-order valence-electron chi connectivity index (χ2n) is 12.9. The van der Waals surface area contributed by atoms with Crippen molar-refractivity contribution in [3.05, 3.63) is 78.4 Å². The molecule has 0 aromatic heterocycles. The smallest absolute Gasteiger partial charge is 0.430 e. The number of rotatable bonds is 21. The van der Waals surface area contributed by atoms with E-state index in [1.165, 1.54) is 43.5 Å². The summed E-state index contributed by atoms with van der Waals surface area (Å²) in [5.74, 6) is -0.378. The van der Waals surface area contributed by atoms with Gasteiger partial charge in [0.05, 0.1) is 10.9 Å². The summed E-state index contributed by atoms with van der Waals surface area (Å²) in [5.41, 5.74) is -9.50. The zero-order chi connectivity index (χ0) is 43.6. The van der Waals surface area contributed by atoms with E-state index >= 15 is 0 Å². The maximum atomic E-state index is 13.8. The van der Waals surface area contributed by atoms with Crippen molar-refractivity contribution < 1.29 is 90.6 Å². The summed E-state index contributed by atoms with van der Waals surface area (Å²) in [6.45, 7) is -3.89. The first-order chi connectivity index (χ1) is 26.9. The van der Waals surface area contributed by atoms with Gasteiger partial charge in [-0.15, -0.1) is 0 Å². The SMILES string of the molecule is COCOC(C)(CCc1ccc([S+](c2ccc(OCC(C)(OCOC)C(F)(F)F)cc2)c2ccc(OCC(OCOC)(C(F)(F)F)C(F)(F)F)cc2)cc1)C(F)(F)F. The van der Waals surface area contributed by atoms with Gasteiger partial charge in [-0.2, -0.15) is 52.7 Å². The van der Waals surface area contributed by atoms with E-state index in [1.807, 2.05) is 0 Å². The van der Waals surface area contributed by atoms with Crippen LogP contribution in [-0.4, -0.2) is 96.4 Å². The first kappa shape index (κ1) is 48.9. The molecule has 58 heavy (non-hydrogen) atoms. The molecular weight excluding hydrogens is 832 g/mol. The van der Waals surface area contributed by atoms with E-state index in [1.54, 1.807) is 24.3 Å². The molecule has 3 aromatic carbocycles. The summed E-state index contributed by atoms with van der Waals surface area (Å²) in [5, 5.41) is 0. The lowest BCUT2D eigenvalue weighted by atomic mass is 9.96. The number of hydrogen-bond donors (Lipinski definition) is 0. The van der Waals surface area contributed by atoms with Gasteiger partial charge < -0.3 is 37.9 Å². The van der Waals surface area contributed by atoms with Crippen LogP contribution < -0.4 is 9.47 Å². The number of aryl methyl sites for hydroxylation is 1. The molecule has 0 amide bonds. The average molecular weight is 874 g/mol. The Bertz CT molecular complexity index is 1590. The number of hydrogen-bond acceptors (Lipinski definition) is 8. The molecule has 0 aliphatic heterocycles. The van der Waals surface area contributed by atoms with E-state index in [0.29, 0.717) is 20.2 Å². The molecule has 0 heterocycles. The Kier molecular flexibility index (Phi) is 16.6. The van der Waals surface area contributed by atoms with Gasteiger partial charge in [-0.3, -0.25) is 0 Å². The fourth-order valence-corrected chi connectivity index (χ4v) is 6.94. The summed E-state index contributed by atoms with van der Waals surface area (Å²) in [6.07, 6.45) is -22.0. The minimum absolute atomic E-state index is 0.0137. The van der Waals surface area contributed by atoms with Crippen LogP contribution >= 0.6 is 0 Å². The highest BCUT2D eigenvalue weighted by molar-refractivity contribution is 7.97. The molecule has 0 spiro atoms. The van der Waals surface area contributed by atoms with E-state index in [4.69, 9.17) is 18.9 Å². The Morgan fingerprint density at radius 3 is 1.19 bits per heavy atom. The Balaban J connectivity index is 1.98. The maximum Gasteiger partial charge on any atom is 0.430 e. The highest BCUT2D eigenvalue weighted by Gasteiger charge is 2.73. The van der Waals surface area contributed by atoms with Gasteiger partial charge in [0.15, 0.2) is 25.9 Å². The maximum absolute atomic E-state index is 13.8. The predicted molar refractivity (Wildman–Crippen MR) is 183 cm³/mol. The number of alkyl halides is 12. The van der Waals surface area contributed by atoms with Crippen molar-refractivity contribution in [2.75, 3.05) is 54.9 Å². The first-order valence-electron chi connectivity index (χ1n) is 16.8. The zero-order valence-corrected chi connectivity index (χ0v) is 32.4. The Morgan fingerprint density at radius 2 is 0.810 bits per heavy atom. The summed E-state index contributed by atoms with van der Waals surface area (Å²) in [4.78, 5) is 1.51. The fraction of sp³-hybridized carbons (Fsp3) is 0.514. The third kappa shape index (κ3) is 12.1. The number of ether oxygens (including phenoxy) is 8. The van der Waals surface area contributed by atoms with Gasteiger partial charge >= 0.3 is 24.7 Å². The van der Waals surface area contributed by atoms with Gasteiger partial charge in [0.2, 0.25) is 0 Å². The highest BCUT2D eigenvalue weighted by atomic mass is 32.2. The molecule has 0 N–H and O–H groups in total. The quantitative estimate of drug-likeness (QED) is 0.0596. The average Bonchev–Trinajstić information content (AvgIpc) is 3.14. The van der Waals surface area contributed by atoms with Crippen molar-refractivity contribution in [2.45, 2.75) is 82.9 Å². The van der Waals surface area contributed by atoms with E-state index in [-0.39, 0.29) is 12.2 Å². The van der Waals surface area contributed by atoms with Gasteiger partial charge in [0.25, 0.3) is 5.60 Å². The number of methoxy groups -OCH3 is 3. The molecule has 0 saturated carbocycles. The van der Waals surface area contributed by atoms with Gasteiger partial charge in [-0.05, 0) is 92.9 Å². The Hall–Kier alpha value is -3.47. The van der Waals surface area contributed by atoms with Crippen LogP contribution in [0.3, 0.4) is 0 Å². The van der Waals surface area contributed by atoms with Crippen LogP contribution in [0.25, 0.3) is 0 Å². The summed E-state index contributed by atoms with van der Waals surface area (Å²) < 4.78 is 203. The second kappa shape index (κ2) is 19.7. The van der Waals surface area contributed by atoms with Crippen LogP contribution in [-0.2, 0) is 45.7 Å². The lowest BCUT2D eigenvalue weighted by Crippen LogP contribution is -2.62. The molecule has 21 heteroatoms. The zero-order valence-electron chi connectivity index (χ0n) is 31.6. The van der Waals surface area contributed by atoms with E-state index < -0.39 is 98.2 Å². The summed E-state index contributed by atoms with van der Waals surface area (Å²) in [7, 11) is 2.05. The number of benzene rings is 3. The monoisotopic (exact) mass is 873 g/mol. The largest absolute Gasteiger partial charge is 0.490 e. The molecule has 0 radical (unpaired) electrons. The summed E-state index contributed by atoms with van der Waals surface area (Å²) >= 11 is 0. The van der Waals surface area contributed by atoms with Gasteiger partial charge in [-0.1, -0.05) is 12.1 Å². The van der Waals surface area contributed by atoms with Crippen molar-refractivity contribution >= 4 is 10.9 Å². The Morgan fingerprint density at radius 1 is 0.448 bits per heavy atom. The molecule has 3 unspecified atom stereocenters. The highest BCUT2D eigenvalue weighted by Crippen LogP contribution is 2.46.